The van der Waals surface area contributed by atoms with E-state index in [0.29, 0.717) is 5.25 Å². The number of nitrogens with zero attached hydrogens (tertiary/aromatic N) is 1. The van der Waals surface area contributed by atoms with Crippen molar-refractivity contribution >= 4 is 23.7 Å². The number of hydrogen-bond donors (Lipinski definition) is 2. The molecule has 2 aromatic rings. The van der Waals surface area contributed by atoms with Crippen LogP contribution in [0.15, 0.2) is 48.5 Å². The molecule has 2 N–H and O–H groups in total. The van der Waals surface area contributed by atoms with Crippen molar-refractivity contribution in [1.82, 2.24) is 4.90 Å². The summed E-state index contributed by atoms with van der Waals surface area (Å²) < 4.78 is 6.18. The zero-order valence-electron chi connectivity index (χ0n) is 16.7. The first kappa shape index (κ1) is 22.8. The molecule has 0 aliphatic carbocycles. The van der Waals surface area contributed by atoms with Gasteiger partial charge in [-0.25, -0.2) is 9.59 Å². The lowest BCUT2D eigenvalue weighted by Crippen LogP contribution is -2.25. The Morgan fingerprint density at radius 2 is 1.59 bits per heavy atom. The highest BCUT2D eigenvalue weighted by atomic mass is 32.2. The lowest BCUT2D eigenvalue weighted by Gasteiger charge is -2.21. The maximum atomic E-state index is 9.10. The van der Waals surface area contributed by atoms with E-state index in [4.69, 9.17) is 24.5 Å². The smallest absolute Gasteiger partial charge is 0.414 e. The maximum absolute atomic E-state index is 9.10. The molecule has 2 aromatic carbocycles. The highest BCUT2D eigenvalue weighted by molar-refractivity contribution is 7.99. The van der Waals surface area contributed by atoms with Crippen molar-refractivity contribution in [2.75, 3.05) is 25.4 Å². The summed E-state index contributed by atoms with van der Waals surface area (Å²) in [5.74, 6) is -0.474. The molecular formula is C22H27NO5S. The third-order valence-electron chi connectivity index (χ3n) is 4.67. The summed E-state index contributed by atoms with van der Waals surface area (Å²) in [6, 6.07) is 16.9. The summed E-state index contributed by atoms with van der Waals surface area (Å²) in [7, 11) is 0. The van der Waals surface area contributed by atoms with Gasteiger partial charge in [0.05, 0.1) is 0 Å². The van der Waals surface area contributed by atoms with E-state index in [1.807, 2.05) is 0 Å². The molecule has 1 atom stereocenters. The van der Waals surface area contributed by atoms with Gasteiger partial charge >= 0.3 is 11.9 Å². The molecule has 1 heterocycles. The van der Waals surface area contributed by atoms with Gasteiger partial charge in [0, 0.05) is 23.1 Å². The summed E-state index contributed by atoms with van der Waals surface area (Å²) in [6.07, 6.45) is 1.04. The summed E-state index contributed by atoms with van der Waals surface area (Å²) in [6.45, 7) is 7.88. The van der Waals surface area contributed by atoms with Crippen LogP contribution < -0.4 is 4.74 Å². The largest absolute Gasteiger partial charge is 0.473 e. The molecule has 1 unspecified atom stereocenters. The Morgan fingerprint density at radius 1 is 1.00 bits per heavy atom. The molecule has 0 radical (unpaired) electrons. The molecule has 1 aliphatic rings. The molecule has 0 spiro atoms. The van der Waals surface area contributed by atoms with Crippen LogP contribution in [0.2, 0.25) is 0 Å². The number of carboxylic acid groups (broad SMARTS) is 2. The van der Waals surface area contributed by atoms with Gasteiger partial charge in [-0.15, -0.1) is 0 Å². The predicted molar refractivity (Wildman–Crippen MR) is 115 cm³/mol. The van der Waals surface area contributed by atoms with Crippen molar-refractivity contribution in [2.45, 2.75) is 25.5 Å². The topological polar surface area (TPSA) is 87.1 Å². The molecule has 0 fully saturated rings. The number of thioether (sulfide) groups is 1. The Bertz CT molecular complexity index is 810. The van der Waals surface area contributed by atoms with Crippen LogP contribution in [0.5, 0.6) is 11.5 Å². The number of carbonyl (C=O) groups is 2. The summed E-state index contributed by atoms with van der Waals surface area (Å²) >= 11 is 2.05. The molecule has 0 bridgehead atoms. The Morgan fingerprint density at radius 3 is 2.21 bits per heavy atom. The average molecular weight is 418 g/mol. The number of para-hydroxylation sites is 2. The lowest BCUT2D eigenvalue weighted by atomic mass is 10.0. The fraction of sp³-hybridized carbons (Fsp3) is 0.364. The van der Waals surface area contributed by atoms with Gasteiger partial charge in [-0.3, -0.25) is 0 Å². The molecule has 3 rings (SSSR count). The van der Waals surface area contributed by atoms with Crippen LogP contribution in [0.4, 0.5) is 0 Å². The van der Waals surface area contributed by atoms with Crippen molar-refractivity contribution in [3.63, 3.8) is 0 Å². The Labute approximate surface area is 175 Å². The van der Waals surface area contributed by atoms with E-state index in [1.54, 1.807) is 0 Å². The van der Waals surface area contributed by atoms with E-state index < -0.39 is 11.9 Å². The van der Waals surface area contributed by atoms with E-state index in [0.717, 1.165) is 43.3 Å². The van der Waals surface area contributed by atoms with Crippen LogP contribution in [0.3, 0.4) is 0 Å². The van der Waals surface area contributed by atoms with Crippen LogP contribution in [0.25, 0.3) is 0 Å². The number of aliphatic carboxylic acids is 2. The first-order valence-electron chi connectivity index (χ1n) is 9.61. The van der Waals surface area contributed by atoms with Crippen molar-refractivity contribution in [2.24, 2.45) is 0 Å². The van der Waals surface area contributed by atoms with E-state index in [2.05, 4.69) is 79.0 Å². The maximum Gasteiger partial charge on any atom is 0.414 e. The second kappa shape index (κ2) is 11.5. The first-order valence-corrected chi connectivity index (χ1v) is 10.7. The molecule has 0 aromatic heterocycles. The van der Waals surface area contributed by atoms with Gasteiger partial charge in [-0.1, -0.05) is 50.2 Å². The van der Waals surface area contributed by atoms with Gasteiger partial charge in [0.25, 0.3) is 0 Å². The van der Waals surface area contributed by atoms with E-state index in [-0.39, 0.29) is 0 Å². The SMILES string of the molecule is CCN(CC)CCSC1Cc2ccccc2Oc2ccccc21.O=C(O)C(=O)O. The van der Waals surface area contributed by atoms with Gasteiger partial charge in [-0.05, 0) is 37.2 Å². The Kier molecular flexibility index (Phi) is 9.02. The van der Waals surface area contributed by atoms with Gasteiger partial charge in [0.15, 0.2) is 0 Å². The third kappa shape index (κ3) is 6.80. The van der Waals surface area contributed by atoms with Crippen LogP contribution in [-0.4, -0.2) is 52.4 Å². The van der Waals surface area contributed by atoms with Gasteiger partial charge < -0.3 is 19.8 Å². The quantitative estimate of drug-likeness (QED) is 0.677. The zero-order chi connectivity index (χ0) is 21.2. The van der Waals surface area contributed by atoms with Gasteiger partial charge in [0.2, 0.25) is 0 Å². The Balaban J connectivity index is 0.000000438. The van der Waals surface area contributed by atoms with Crippen LogP contribution in [-0.2, 0) is 16.0 Å². The number of ether oxygens (including phenoxy) is 1. The number of hydrogen-bond acceptors (Lipinski definition) is 5. The highest BCUT2D eigenvalue weighted by Gasteiger charge is 2.23. The van der Waals surface area contributed by atoms with Crippen molar-refractivity contribution in [3.05, 3.63) is 59.7 Å². The zero-order valence-corrected chi connectivity index (χ0v) is 17.5. The van der Waals surface area contributed by atoms with Crippen molar-refractivity contribution in [1.29, 1.82) is 0 Å². The molecular weight excluding hydrogens is 390 g/mol. The lowest BCUT2D eigenvalue weighted by molar-refractivity contribution is -0.159. The van der Waals surface area contributed by atoms with E-state index in [9.17, 15) is 0 Å². The van der Waals surface area contributed by atoms with Crippen LogP contribution >= 0.6 is 11.8 Å². The monoisotopic (exact) mass is 417 g/mol. The van der Waals surface area contributed by atoms with Gasteiger partial charge in [-0.2, -0.15) is 11.8 Å². The molecule has 29 heavy (non-hydrogen) atoms. The molecule has 7 heteroatoms. The molecule has 156 valence electrons. The second-order valence-electron chi connectivity index (χ2n) is 6.45. The van der Waals surface area contributed by atoms with Crippen LogP contribution in [0, 0.1) is 0 Å². The van der Waals surface area contributed by atoms with E-state index in [1.165, 1.54) is 11.1 Å². The van der Waals surface area contributed by atoms with E-state index >= 15 is 0 Å². The average Bonchev–Trinajstić information content (AvgIpc) is 2.88. The number of fused-ring (bicyclic) bond motifs is 2. The minimum atomic E-state index is -1.82. The normalized spacial score (nSPS) is 14.5. The highest BCUT2D eigenvalue weighted by Crippen LogP contribution is 2.44. The molecule has 0 saturated heterocycles. The molecule has 0 saturated carbocycles. The number of carboxylic acids is 2. The Hall–Kier alpha value is -2.51. The molecule has 1 aliphatic heterocycles. The number of benzene rings is 2. The second-order valence-corrected chi connectivity index (χ2v) is 7.76. The fourth-order valence-electron chi connectivity index (χ4n) is 3.05. The summed E-state index contributed by atoms with van der Waals surface area (Å²) in [4.78, 5) is 20.7. The third-order valence-corrected chi connectivity index (χ3v) is 5.91. The standard InChI is InChI=1S/C20H25NOS.C2H2O4/c1-3-21(4-2)13-14-23-20-15-16-9-5-7-11-18(16)22-19-12-8-6-10-17(19)20;3-1(4)2(5)6/h5-12,20H,3-4,13-15H2,1-2H3;(H,3,4)(H,5,6). The number of rotatable bonds is 6. The van der Waals surface area contributed by atoms with Crippen LogP contribution in [0.1, 0.15) is 30.2 Å². The van der Waals surface area contributed by atoms with Crippen molar-refractivity contribution < 1.29 is 24.5 Å². The molecule has 6 nitrogen and oxygen atoms in total. The molecule has 0 amide bonds. The van der Waals surface area contributed by atoms with Gasteiger partial charge in [0.1, 0.15) is 11.5 Å². The minimum Gasteiger partial charge on any atom is -0.473 e. The van der Waals surface area contributed by atoms with Crippen molar-refractivity contribution in [3.8, 4) is 11.5 Å². The summed E-state index contributed by atoms with van der Waals surface area (Å²) in [5, 5.41) is 15.2. The fourth-order valence-corrected chi connectivity index (χ4v) is 4.37. The minimum absolute atomic E-state index is 0.463. The predicted octanol–water partition coefficient (Wildman–Crippen LogP) is 4.31. The summed E-state index contributed by atoms with van der Waals surface area (Å²) in [5.41, 5.74) is 2.64. The first-order chi connectivity index (χ1) is 14.0.